The van der Waals surface area contributed by atoms with E-state index in [1.165, 1.54) is 0 Å². The minimum atomic E-state index is -0.416. The van der Waals surface area contributed by atoms with Crippen molar-refractivity contribution in [2.24, 2.45) is 40.4 Å². The maximum Gasteiger partial charge on any atom is 0.140 e. The van der Waals surface area contributed by atoms with Crippen molar-refractivity contribution in [2.45, 2.75) is 72.1 Å². The van der Waals surface area contributed by atoms with Gasteiger partial charge in [0.15, 0.2) is 0 Å². The lowest BCUT2D eigenvalue weighted by molar-refractivity contribution is -0.160. The molecule has 3 nitrogen and oxygen atoms in total. The van der Waals surface area contributed by atoms with Crippen LogP contribution in [0.3, 0.4) is 0 Å². The lowest BCUT2D eigenvalue weighted by Crippen LogP contribution is -2.57. The molecule has 0 spiro atoms. The summed E-state index contributed by atoms with van der Waals surface area (Å²) in [6, 6.07) is 0. The molecule has 4 fully saturated rings. The van der Waals surface area contributed by atoms with E-state index in [1.54, 1.807) is 6.92 Å². The monoisotopic (exact) mass is 330 g/mol. The number of carbonyl (C=O) groups excluding carboxylic acids is 3. The highest BCUT2D eigenvalue weighted by molar-refractivity contribution is 5.93. The van der Waals surface area contributed by atoms with Crippen molar-refractivity contribution in [3.05, 3.63) is 0 Å². The molecule has 4 aliphatic rings. The highest BCUT2D eigenvalue weighted by Gasteiger charge is 2.64. The van der Waals surface area contributed by atoms with Crippen molar-refractivity contribution >= 4 is 17.3 Å². The van der Waals surface area contributed by atoms with Crippen LogP contribution in [-0.4, -0.2) is 17.3 Å². The van der Waals surface area contributed by atoms with Gasteiger partial charge in [0.1, 0.15) is 17.3 Å². The van der Waals surface area contributed by atoms with Crippen LogP contribution >= 0.6 is 0 Å². The highest BCUT2D eigenvalue weighted by Crippen LogP contribution is 2.66. The molecule has 0 heterocycles. The maximum atomic E-state index is 13.2. The summed E-state index contributed by atoms with van der Waals surface area (Å²) in [6.07, 6.45) is 7.24. The zero-order valence-electron chi connectivity index (χ0n) is 15.3. The minimum absolute atomic E-state index is 0.0607. The third kappa shape index (κ3) is 1.99. The van der Waals surface area contributed by atoms with E-state index in [1.807, 2.05) is 0 Å². The van der Waals surface area contributed by atoms with Crippen molar-refractivity contribution in [2.75, 3.05) is 0 Å². The van der Waals surface area contributed by atoms with Crippen molar-refractivity contribution in [3.63, 3.8) is 0 Å². The van der Waals surface area contributed by atoms with Gasteiger partial charge in [-0.2, -0.15) is 0 Å². The third-order valence-electron chi connectivity index (χ3n) is 8.84. The van der Waals surface area contributed by atoms with E-state index in [2.05, 4.69) is 13.8 Å². The fourth-order valence-corrected chi connectivity index (χ4v) is 7.40. The molecule has 0 amide bonds. The fourth-order valence-electron chi connectivity index (χ4n) is 7.40. The van der Waals surface area contributed by atoms with Gasteiger partial charge in [-0.25, -0.2) is 0 Å². The number of fused-ring (bicyclic) bond motifs is 5. The molecule has 0 aliphatic heterocycles. The zero-order chi connectivity index (χ0) is 17.3. The second kappa shape index (κ2) is 5.25. The van der Waals surface area contributed by atoms with Crippen LogP contribution in [0.4, 0.5) is 0 Å². The summed E-state index contributed by atoms with van der Waals surface area (Å²) in [7, 11) is 0. The second-order valence-corrected chi connectivity index (χ2v) is 9.55. The van der Waals surface area contributed by atoms with Crippen molar-refractivity contribution in [1.82, 2.24) is 0 Å². The molecule has 4 rings (SSSR count). The first-order chi connectivity index (χ1) is 11.3. The quantitative estimate of drug-likeness (QED) is 0.730. The lowest BCUT2D eigenvalue weighted by Gasteiger charge is -2.59. The highest BCUT2D eigenvalue weighted by atomic mass is 16.1. The molecule has 0 unspecified atom stereocenters. The van der Waals surface area contributed by atoms with Crippen LogP contribution in [0.1, 0.15) is 72.1 Å². The summed E-state index contributed by atoms with van der Waals surface area (Å²) < 4.78 is 0. The Hall–Kier alpha value is -0.990. The molecule has 4 aliphatic carbocycles. The molecule has 0 saturated heterocycles. The Morgan fingerprint density at radius 2 is 1.75 bits per heavy atom. The van der Waals surface area contributed by atoms with Crippen LogP contribution in [0.15, 0.2) is 0 Å². The maximum absolute atomic E-state index is 13.2. The first-order valence-electron chi connectivity index (χ1n) is 9.84. The first kappa shape index (κ1) is 16.5. The summed E-state index contributed by atoms with van der Waals surface area (Å²) in [4.78, 5) is 37.3. The molecule has 0 aromatic heterocycles. The Morgan fingerprint density at radius 1 is 1.00 bits per heavy atom. The largest absolute Gasteiger partial charge is 0.300 e. The van der Waals surface area contributed by atoms with E-state index < -0.39 is 5.41 Å². The van der Waals surface area contributed by atoms with Gasteiger partial charge >= 0.3 is 0 Å². The molecule has 132 valence electrons. The molecule has 0 aromatic rings. The Kier molecular flexibility index (Phi) is 3.61. The number of carbonyl (C=O) groups is 3. The van der Waals surface area contributed by atoms with Crippen molar-refractivity contribution in [3.8, 4) is 0 Å². The second-order valence-electron chi connectivity index (χ2n) is 9.55. The topological polar surface area (TPSA) is 51.2 Å². The van der Waals surface area contributed by atoms with Gasteiger partial charge in [-0.1, -0.05) is 13.8 Å². The normalized spacial score (nSPS) is 50.9. The van der Waals surface area contributed by atoms with Crippen LogP contribution < -0.4 is 0 Å². The van der Waals surface area contributed by atoms with Gasteiger partial charge in [0, 0.05) is 30.6 Å². The van der Waals surface area contributed by atoms with E-state index in [-0.39, 0.29) is 17.1 Å². The van der Waals surface area contributed by atoms with Crippen LogP contribution in [0.2, 0.25) is 0 Å². The third-order valence-corrected chi connectivity index (χ3v) is 8.84. The van der Waals surface area contributed by atoms with E-state index in [0.29, 0.717) is 48.1 Å². The van der Waals surface area contributed by atoms with Crippen LogP contribution in [0.25, 0.3) is 0 Å². The van der Waals surface area contributed by atoms with Gasteiger partial charge in [0.05, 0.1) is 0 Å². The predicted molar refractivity (Wildman–Crippen MR) is 91.3 cm³/mol. The van der Waals surface area contributed by atoms with Gasteiger partial charge in [0.2, 0.25) is 0 Å². The summed E-state index contributed by atoms with van der Waals surface area (Å²) in [5.41, 5.74) is -0.261. The molecule has 7 atom stereocenters. The SMILES string of the molecule is CC(=O)[C@H]1CC[C@H]2[C@@H]3CC[C@H]4CC(=O)CC[C@]4(C)[C@H]3CC(=O)[C@]12C. The molecular formula is C21H30O3. The lowest BCUT2D eigenvalue weighted by atomic mass is 9.44. The standard InChI is InChI=1S/C21H30O3/c1-12(22)16-6-7-17-15-5-4-13-10-14(23)8-9-20(13,2)18(15)11-19(24)21(16,17)3/h13,15-18H,4-11H2,1-3H3/t13-,15-,16+,17-,18-,20-,21+/m0/s1. The summed E-state index contributed by atoms with van der Waals surface area (Å²) in [5, 5.41) is 0. The molecule has 0 N–H and O–H groups in total. The summed E-state index contributed by atoms with van der Waals surface area (Å²) >= 11 is 0. The molecular weight excluding hydrogens is 300 g/mol. The van der Waals surface area contributed by atoms with Gasteiger partial charge < -0.3 is 0 Å². The minimum Gasteiger partial charge on any atom is -0.300 e. The van der Waals surface area contributed by atoms with Crippen LogP contribution in [0.5, 0.6) is 0 Å². The van der Waals surface area contributed by atoms with Crippen molar-refractivity contribution in [1.29, 1.82) is 0 Å². The Labute approximate surface area is 144 Å². The smallest absolute Gasteiger partial charge is 0.140 e. The van der Waals surface area contributed by atoms with E-state index in [4.69, 9.17) is 0 Å². The van der Waals surface area contributed by atoms with E-state index in [9.17, 15) is 14.4 Å². The molecule has 0 bridgehead atoms. The fraction of sp³-hybridized carbons (Fsp3) is 0.857. The predicted octanol–water partition coefficient (Wildman–Crippen LogP) is 3.98. The Bertz CT molecular complexity index is 608. The first-order valence-corrected chi connectivity index (χ1v) is 9.84. The average molecular weight is 330 g/mol. The van der Waals surface area contributed by atoms with Gasteiger partial charge in [-0.3, -0.25) is 14.4 Å². The van der Waals surface area contributed by atoms with E-state index in [0.717, 1.165) is 38.5 Å². The van der Waals surface area contributed by atoms with Crippen LogP contribution in [0, 0.1) is 40.4 Å². The number of hydrogen-bond donors (Lipinski definition) is 0. The number of rotatable bonds is 1. The number of ketones is 3. The molecule has 24 heavy (non-hydrogen) atoms. The Morgan fingerprint density at radius 3 is 2.46 bits per heavy atom. The van der Waals surface area contributed by atoms with Gasteiger partial charge in [-0.05, 0) is 68.1 Å². The van der Waals surface area contributed by atoms with E-state index >= 15 is 0 Å². The zero-order valence-corrected chi connectivity index (χ0v) is 15.3. The van der Waals surface area contributed by atoms with Crippen LogP contribution in [-0.2, 0) is 14.4 Å². The molecule has 0 radical (unpaired) electrons. The van der Waals surface area contributed by atoms with Crippen molar-refractivity contribution < 1.29 is 14.4 Å². The molecule has 4 saturated carbocycles. The molecule has 3 heteroatoms. The summed E-state index contributed by atoms with van der Waals surface area (Å²) in [5.74, 6) is 2.76. The van der Waals surface area contributed by atoms with Gasteiger partial charge in [-0.15, -0.1) is 0 Å². The number of Topliss-reactive ketones (excluding diaryl/α,β-unsaturated/α-hetero) is 3. The average Bonchev–Trinajstić information content (AvgIpc) is 2.88. The molecule has 0 aromatic carbocycles. The number of hydrogen-bond acceptors (Lipinski definition) is 3. The Balaban J connectivity index is 1.69. The van der Waals surface area contributed by atoms with Gasteiger partial charge in [0.25, 0.3) is 0 Å². The summed E-state index contributed by atoms with van der Waals surface area (Å²) in [6.45, 7) is 6.12.